The number of hydrogen-bond donors (Lipinski definition) is 0. The molecule has 0 atom stereocenters. The second kappa shape index (κ2) is 10.5. The molecule has 0 spiro atoms. The third-order valence-corrected chi connectivity index (χ3v) is 6.22. The Bertz CT molecular complexity index is 1350. The quantitative estimate of drug-likeness (QED) is 0.132. The predicted octanol–water partition coefficient (Wildman–Crippen LogP) is 9.52. The Hall–Kier alpha value is -3.28. The minimum absolute atomic E-state index is 0.0170. The molecule has 0 nitrogen and oxygen atoms in total. The number of fused-ring (bicyclic) bond motifs is 1. The summed E-state index contributed by atoms with van der Waals surface area (Å²) in [5, 5.41) is -0.254. The van der Waals surface area contributed by atoms with Gasteiger partial charge in [0, 0.05) is 10.9 Å². The van der Waals surface area contributed by atoms with Crippen molar-refractivity contribution in [3.05, 3.63) is 95.1 Å². The SMILES string of the molecule is CCCCCCCc1ccc(-c2cc(F)c(-c3ccc4c(F)c(F)c(F)cc4c3)c(F)c2)c(F)c1. The smallest absolute Gasteiger partial charge is 0.195 e. The molecular formula is C29H24F6. The average Bonchev–Trinajstić information content (AvgIpc) is 2.82. The fourth-order valence-corrected chi connectivity index (χ4v) is 4.35. The summed E-state index contributed by atoms with van der Waals surface area (Å²) in [6.45, 7) is 2.14. The molecule has 0 N–H and O–H groups in total. The molecule has 0 amide bonds. The first-order chi connectivity index (χ1) is 16.8. The van der Waals surface area contributed by atoms with Crippen LogP contribution in [0.3, 0.4) is 0 Å². The van der Waals surface area contributed by atoms with Crippen LogP contribution < -0.4 is 0 Å². The van der Waals surface area contributed by atoms with Crippen molar-refractivity contribution < 1.29 is 26.3 Å². The first-order valence-electron chi connectivity index (χ1n) is 11.7. The van der Waals surface area contributed by atoms with Crippen LogP contribution in [0.4, 0.5) is 26.3 Å². The maximum atomic E-state index is 15.0. The molecule has 0 saturated carbocycles. The van der Waals surface area contributed by atoms with Crippen molar-refractivity contribution in [2.24, 2.45) is 0 Å². The lowest BCUT2D eigenvalue weighted by molar-refractivity contribution is 0.453. The second-order valence-electron chi connectivity index (χ2n) is 8.72. The zero-order valence-corrected chi connectivity index (χ0v) is 19.2. The molecule has 4 aromatic rings. The molecule has 0 saturated heterocycles. The van der Waals surface area contributed by atoms with Crippen LogP contribution >= 0.6 is 0 Å². The van der Waals surface area contributed by atoms with Crippen molar-refractivity contribution in [2.45, 2.75) is 45.4 Å². The number of hydrogen-bond acceptors (Lipinski definition) is 0. The highest BCUT2D eigenvalue weighted by molar-refractivity contribution is 5.88. The summed E-state index contributed by atoms with van der Waals surface area (Å²) in [5.74, 6) is -6.87. The summed E-state index contributed by atoms with van der Waals surface area (Å²) >= 11 is 0. The van der Waals surface area contributed by atoms with Gasteiger partial charge in [-0.05, 0) is 65.3 Å². The summed E-state index contributed by atoms with van der Waals surface area (Å²) < 4.78 is 85.9. The highest BCUT2D eigenvalue weighted by atomic mass is 19.2. The molecule has 4 aromatic carbocycles. The molecule has 0 fully saturated rings. The van der Waals surface area contributed by atoms with Gasteiger partial charge in [-0.15, -0.1) is 0 Å². The normalized spacial score (nSPS) is 11.4. The van der Waals surface area contributed by atoms with Gasteiger partial charge in [0.25, 0.3) is 0 Å². The fourth-order valence-electron chi connectivity index (χ4n) is 4.35. The minimum Gasteiger partial charge on any atom is -0.206 e. The zero-order chi connectivity index (χ0) is 25.1. The van der Waals surface area contributed by atoms with E-state index in [2.05, 4.69) is 6.92 Å². The van der Waals surface area contributed by atoms with Crippen LogP contribution in [0.25, 0.3) is 33.0 Å². The second-order valence-corrected chi connectivity index (χ2v) is 8.72. The molecule has 0 aromatic heterocycles. The van der Waals surface area contributed by atoms with Crippen molar-refractivity contribution in [3.8, 4) is 22.3 Å². The molecule has 0 radical (unpaired) electrons. The van der Waals surface area contributed by atoms with Gasteiger partial charge in [0.1, 0.15) is 17.5 Å². The highest BCUT2D eigenvalue weighted by Gasteiger charge is 2.19. The van der Waals surface area contributed by atoms with E-state index < -0.39 is 40.5 Å². The molecule has 0 aliphatic carbocycles. The van der Waals surface area contributed by atoms with Gasteiger partial charge in [-0.25, -0.2) is 26.3 Å². The van der Waals surface area contributed by atoms with E-state index in [4.69, 9.17) is 0 Å². The molecule has 0 unspecified atom stereocenters. The van der Waals surface area contributed by atoms with E-state index in [9.17, 15) is 17.6 Å². The minimum atomic E-state index is -1.61. The van der Waals surface area contributed by atoms with Crippen LogP contribution in [-0.2, 0) is 6.42 Å². The van der Waals surface area contributed by atoms with Crippen molar-refractivity contribution in [1.29, 1.82) is 0 Å². The molecule has 35 heavy (non-hydrogen) atoms. The Morgan fingerprint density at radius 1 is 0.571 bits per heavy atom. The van der Waals surface area contributed by atoms with Crippen LogP contribution in [-0.4, -0.2) is 0 Å². The fraction of sp³-hybridized carbons (Fsp3) is 0.241. The largest absolute Gasteiger partial charge is 0.206 e. The van der Waals surface area contributed by atoms with Crippen molar-refractivity contribution in [3.63, 3.8) is 0 Å². The Kier molecular flexibility index (Phi) is 7.48. The van der Waals surface area contributed by atoms with Crippen LogP contribution in [0.15, 0.2) is 54.6 Å². The van der Waals surface area contributed by atoms with Gasteiger partial charge in [0.05, 0.1) is 5.56 Å². The van der Waals surface area contributed by atoms with Gasteiger partial charge in [-0.1, -0.05) is 56.9 Å². The standard InChI is InChI=1S/C29H24F6/c1-2-3-4-5-6-7-17-8-10-21(23(30)12-17)20-14-24(31)27(25(32)15-20)18-9-11-22-19(13-18)16-26(33)29(35)28(22)34/h8-16H,2-7H2,1H3. The van der Waals surface area contributed by atoms with Gasteiger partial charge >= 0.3 is 0 Å². The third-order valence-electron chi connectivity index (χ3n) is 6.22. The number of rotatable bonds is 8. The molecule has 6 heteroatoms. The van der Waals surface area contributed by atoms with Crippen molar-refractivity contribution in [1.82, 2.24) is 0 Å². The van der Waals surface area contributed by atoms with Crippen molar-refractivity contribution >= 4 is 10.8 Å². The number of halogens is 6. The van der Waals surface area contributed by atoms with Gasteiger partial charge < -0.3 is 0 Å². The lowest BCUT2D eigenvalue weighted by Gasteiger charge is -2.12. The van der Waals surface area contributed by atoms with E-state index in [-0.39, 0.29) is 27.5 Å². The van der Waals surface area contributed by atoms with E-state index in [1.54, 1.807) is 6.07 Å². The Morgan fingerprint density at radius 3 is 1.97 bits per heavy atom. The third kappa shape index (κ3) is 5.21. The lowest BCUT2D eigenvalue weighted by atomic mass is 9.95. The molecular weight excluding hydrogens is 462 g/mol. The molecule has 0 aliphatic rings. The monoisotopic (exact) mass is 486 g/mol. The topological polar surface area (TPSA) is 0 Å². The summed E-state index contributed by atoms with van der Waals surface area (Å²) in [7, 11) is 0. The summed E-state index contributed by atoms with van der Waals surface area (Å²) in [6.07, 6.45) is 6.20. The van der Waals surface area contributed by atoms with Gasteiger partial charge in [0.15, 0.2) is 17.5 Å². The van der Waals surface area contributed by atoms with E-state index in [1.807, 2.05) is 0 Å². The predicted molar refractivity (Wildman–Crippen MR) is 127 cm³/mol. The maximum absolute atomic E-state index is 15.0. The molecule has 0 bridgehead atoms. The van der Waals surface area contributed by atoms with E-state index in [1.165, 1.54) is 30.7 Å². The highest BCUT2D eigenvalue weighted by Crippen LogP contribution is 2.35. The average molecular weight is 486 g/mol. The summed E-state index contributed by atoms with van der Waals surface area (Å²) in [6, 6.07) is 11.0. The summed E-state index contributed by atoms with van der Waals surface area (Å²) in [4.78, 5) is 0. The van der Waals surface area contributed by atoms with E-state index in [0.29, 0.717) is 0 Å². The zero-order valence-electron chi connectivity index (χ0n) is 19.2. The molecule has 0 heterocycles. The van der Waals surface area contributed by atoms with Gasteiger partial charge in [-0.2, -0.15) is 0 Å². The van der Waals surface area contributed by atoms with E-state index >= 15 is 8.78 Å². The first-order valence-corrected chi connectivity index (χ1v) is 11.7. The Morgan fingerprint density at radius 2 is 1.29 bits per heavy atom. The Labute approximate surface area is 200 Å². The molecule has 4 rings (SSSR count). The van der Waals surface area contributed by atoms with Crippen molar-refractivity contribution in [2.75, 3.05) is 0 Å². The number of aryl methyl sites for hydroxylation is 1. The van der Waals surface area contributed by atoms with E-state index in [0.717, 1.165) is 61.9 Å². The van der Waals surface area contributed by atoms with Crippen LogP contribution in [0.2, 0.25) is 0 Å². The maximum Gasteiger partial charge on any atom is 0.195 e. The molecule has 0 aliphatic heterocycles. The number of benzene rings is 4. The summed E-state index contributed by atoms with van der Waals surface area (Å²) in [5.41, 5.74) is 0.526. The first kappa shape index (κ1) is 24.8. The number of unbranched alkanes of at least 4 members (excludes halogenated alkanes) is 4. The van der Waals surface area contributed by atoms with Gasteiger partial charge in [-0.3, -0.25) is 0 Å². The van der Waals surface area contributed by atoms with Crippen LogP contribution in [0.1, 0.15) is 44.6 Å². The lowest BCUT2D eigenvalue weighted by Crippen LogP contribution is -1.96. The molecule has 182 valence electrons. The van der Waals surface area contributed by atoms with Crippen LogP contribution in [0.5, 0.6) is 0 Å². The van der Waals surface area contributed by atoms with Crippen LogP contribution in [0, 0.1) is 34.9 Å². The van der Waals surface area contributed by atoms with Gasteiger partial charge in [0.2, 0.25) is 0 Å². The Balaban J connectivity index is 1.62.